The van der Waals surface area contributed by atoms with Crippen LogP contribution in [0.15, 0.2) is 83.8 Å². The van der Waals surface area contributed by atoms with E-state index < -0.39 is 0 Å². The number of hydrogen-bond donors (Lipinski definition) is 1. The number of carbonyl (C=O) groups excluding carboxylic acids is 1. The van der Waals surface area contributed by atoms with Crippen LogP contribution in [-0.4, -0.2) is 22.8 Å². The Morgan fingerprint density at radius 3 is 2.50 bits per heavy atom. The average Bonchev–Trinajstić information content (AvgIpc) is 2.82. The van der Waals surface area contributed by atoms with Crippen LogP contribution in [0.4, 0.5) is 4.39 Å². The molecule has 3 aromatic carbocycles. The van der Waals surface area contributed by atoms with Crippen LogP contribution in [0.25, 0.3) is 10.8 Å². The van der Waals surface area contributed by atoms with E-state index in [1.54, 1.807) is 43.6 Å². The Balaban J connectivity index is 1.56. The highest BCUT2D eigenvalue weighted by atomic mass is 19.1. The minimum atomic E-state index is -0.380. The number of hydrogen-bond acceptors (Lipinski definition) is 4. The lowest BCUT2D eigenvalue weighted by Crippen LogP contribution is -2.36. The van der Waals surface area contributed by atoms with Crippen molar-refractivity contribution in [2.24, 2.45) is 0 Å². The Kier molecular flexibility index (Phi) is 6.26. The second-order valence-electron chi connectivity index (χ2n) is 7.42. The monoisotopic (exact) mass is 431 g/mol. The van der Waals surface area contributed by atoms with Gasteiger partial charge in [-0.3, -0.25) is 9.59 Å². The van der Waals surface area contributed by atoms with E-state index in [9.17, 15) is 14.0 Å². The molecule has 1 amide bonds. The van der Waals surface area contributed by atoms with Crippen LogP contribution in [0.3, 0.4) is 0 Å². The largest absolute Gasteiger partial charge is 0.497 e. The van der Waals surface area contributed by atoms with Gasteiger partial charge in [-0.25, -0.2) is 9.07 Å². The molecule has 6 nitrogen and oxygen atoms in total. The van der Waals surface area contributed by atoms with Crippen LogP contribution in [0.1, 0.15) is 17.2 Å². The van der Waals surface area contributed by atoms with Gasteiger partial charge in [0.2, 0.25) is 5.91 Å². The molecule has 0 radical (unpaired) electrons. The van der Waals surface area contributed by atoms with Gasteiger partial charge in [0, 0.05) is 5.39 Å². The molecule has 1 heterocycles. The molecular formula is C25H22FN3O3. The number of nitrogens with zero attached hydrogens (tertiary/aromatic N) is 2. The highest BCUT2D eigenvalue weighted by molar-refractivity contribution is 5.81. The van der Waals surface area contributed by atoms with Crippen molar-refractivity contribution in [3.63, 3.8) is 0 Å². The van der Waals surface area contributed by atoms with Crippen molar-refractivity contribution in [2.75, 3.05) is 7.11 Å². The molecule has 0 spiro atoms. The molecule has 7 heteroatoms. The molecule has 32 heavy (non-hydrogen) atoms. The van der Waals surface area contributed by atoms with Gasteiger partial charge in [0.1, 0.15) is 18.1 Å². The first-order valence-corrected chi connectivity index (χ1v) is 10.2. The molecule has 1 atom stereocenters. The van der Waals surface area contributed by atoms with E-state index >= 15 is 0 Å². The summed E-state index contributed by atoms with van der Waals surface area (Å²) in [6, 6.07) is 20.3. The normalized spacial score (nSPS) is 11.8. The number of nitrogens with one attached hydrogen (secondary N) is 1. The summed E-state index contributed by atoms with van der Waals surface area (Å²) in [5, 5.41) is 8.34. The number of carbonyl (C=O) groups is 1. The Hall–Kier alpha value is -4.00. The fourth-order valence-corrected chi connectivity index (χ4v) is 3.56. The van der Waals surface area contributed by atoms with Crippen molar-refractivity contribution in [1.29, 1.82) is 0 Å². The lowest BCUT2D eigenvalue weighted by atomic mass is 9.98. The van der Waals surface area contributed by atoms with E-state index in [2.05, 4.69) is 10.4 Å². The Morgan fingerprint density at radius 2 is 1.78 bits per heavy atom. The molecule has 162 valence electrons. The number of ether oxygens (including phenoxy) is 1. The third kappa shape index (κ3) is 4.83. The quantitative estimate of drug-likeness (QED) is 0.485. The summed E-state index contributed by atoms with van der Waals surface area (Å²) in [6.45, 7) is -0.209. The van der Waals surface area contributed by atoms with Crippen molar-refractivity contribution in [3.05, 3.63) is 106 Å². The lowest BCUT2D eigenvalue weighted by molar-refractivity contribution is -0.122. The first-order valence-electron chi connectivity index (χ1n) is 10.2. The van der Waals surface area contributed by atoms with E-state index in [-0.39, 0.29) is 29.9 Å². The number of methoxy groups -OCH3 is 1. The van der Waals surface area contributed by atoms with Gasteiger partial charge in [-0.2, -0.15) is 5.10 Å². The van der Waals surface area contributed by atoms with E-state index in [4.69, 9.17) is 4.74 Å². The first-order chi connectivity index (χ1) is 15.5. The predicted molar refractivity (Wildman–Crippen MR) is 120 cm³/mol. The lowest BCUT2D eigenvalue weighted by Gasteiger charge is -2.20. The fourth-order valence-electron chi connectivity index (χ4n) is 3.56. The molecule has 0 saturated carbocycles. The van der Waals surface area contributed by atoms with Gasteiger partial charge in [0.05, 0.1) is 24.7 Å². The zero-order chi connectivity index (χ0) is 22.5. The van der Waals surface area contributed by atoms with Gasteiger partial charge >= 0.3 is 0 Å². The number of aromatic nitrogens is 2. The second kappa shape index (κ2) is 9.43. The average molecular weight is 431 g/mol. The van der Waals surface area contributed by atoms with Crippen LogP contribution in [0, 0.1) is 5.82 Å². The highest BCUT2D eigenvalue weighted by Crippen LogP contribution is 2.22. The van der Waals surface area contributed by atoms with E-state index in [1.807, 2.05) is 30.3 Å². The smallest absolute Gasteiger partial charge is 0.275 e. The predicted octanol–water partition coefficient (Wildman–Crippen LogP) is 3.64. The summed E-state index contributed by atoms with van der Waals surface area (Å²) in [4.78, 5) is 25.5. The SMILES string of the molecule is COc1ccc(C(Cc2ccc(F)cc2)NC(=O)Cn2ncc3ccccc3c2=O)cc1. The van der Waals surface area contributed by atoms with Gasteiger partial charge in [0.25, 0.3) is 5.56 Å². The van der Waals surface area contributed by atoms with Gasteiger partial charge in [-0.15, -0.1) is 0 Å². The molecular weight excluding hydrogens is 409 g/mol. The summed E-state index contributed by atoms with van der Waals surface area (Å²) in [6.07, 6.45) is 2.03. The third-order valence-electron chi connectivity index (χ3n) is 5.26. The van der Waals surface area contributed by atoms with Gasteiger partial charge < -0.3 is 10.1 Å². The van der Waals surface area contributed by atoms with Gasteiger partial charge in [0.15, 0.2) is 0 Å². The number of rotatable bonds is 7. The van der Waals surface area contributed by atoms with Crippen molar-refractivity contribution < 1.29 is 13.9 Å². The zero-order valence-corrected chi connectivity index (χ0v) is 17.5. The highest BCUT2D eigenvalue weighted by Gasteiger charge is 2.17. The molecule has 0 aliphatic carbocycles. The maximum absolute atomic E-state index is 13.3. The minimum absolute atomic E-state index is 0.209. The second-order valence-corrected chi connectivity index (χ2v) is 7.42. The van der Waals surface area contributed by atoms with Crippen LogP contribution in [0.5, 0.6) is 5.75 Å². The molecule has 4 aromatic rings. The molecule has 4 rings (SSSR count). The van der Waals surface area contributed by atoms with Crippen LogP contribution >= 0.6 is 0 Å². The standard InChI is InChI=1S/C25H22FN3O3/c1-32-21-12-8-18(9-13-21)23(14-17-6-10-20(26)11-7-17)28-24(30)16-29-25(31)22-5-3-2-4-19(22)15-27-29/h2-13,15,23H,14,16H2,1H3,(H,28,30). The molecule has 1 N–H and O–H groups in total. The molecule has 1 aromatic heterocycles. The van der Waals surface area contributed by atoms with Crippen molar-refractivity contribution in [2.45, 2.75) is 19.0 Å². The van der Waals surface area contributed by atoms with Crippen LogP contribution < -0.4 is 15.6 Å². The van der Waals surface area contributed by atoms with E-state index in [0.29, 0.717) is 17.6 Å². The molecule has 0 bridgehead atoms. The molecule has 0 fully saturated rings. The van der Waals surface area contributed by atoms with E-state index in [1.165, 1.54) is 12.1 Å². The van der Waals surface area contributed by atoms with Gasteiger partial charge in [-0.05, 0) is 47.9 Å². The summed E-state index contributed by atoms with van der Waals surface area (Å²) in [5.74, 6) is 0.0332. The summed E-state index contributed by atoms with van der Waals surface area (Å²) in [5.41, 5.74) is 1.41. The third-order valence-corrected chi connectivity index (χ3v) is 5.26. The fraction of sp³-hybridized carbons (Fsp3) is 0.160. The molecule has 1 unspecified atom stereocenters. The van der Waals surface area contributed by atoms with Crippen LogP contribution in [0.2, 0.25) is 0 Å². The Labute approximate surface area is 184 Å². The maximum atomic E-state index is 13.3. The van der Waals surface area contributed by atoms with Gasteiger partial charge in [-0.1, -0.05) is 42.5 Å². The number of halogens is 1. The maximum Gasteiger partial charge on any atom is 0.275 e. The van der Waals surface area contributed by atoms with Crippen molar-refractivity contribution in [1.82, 2.24) is 15.1 Å². The summed E-state index contributed by atoms with van der Waals surface area (Å²) in [7, 11) is 1.58. The molecule has 0 aliphatic heterocycles. The topological polar surface area (TPSA) is 73.2 Å². The van der Waals surface area contributed by atoms with Crippen molar-refractivity contribution >= 4 is 16.7 Å². The number of benzene rings is 3. The van der Waals surface area contributed by atoms with Crippen molar-refractivity contribution in [3.8, 4) is 5.75 Å². The molecule has 0 saturated heterocycles. The Morgan fingerprint density at radius 1 is 1.06 bits per heavy atom. The Bertz CT molecular complexity index is 1280. The number of amides is 1. The zero-order valence-electron chi connectivity index (χ0n) is 17.5. The summed E-state index contributed by atoms with van der Waals surface area (Å²) >= 11 is 0. The molecule has 0 aliphatic rings. The first kappa shape index (κ1) is 21.2. The summed E-state index contributed by atoms with van der Waals surface area (Å²) < 4.78 is 19.7. The number of fused-ring (bicyclic) bond motifs is 1. The van der Waals surface area contributed by atoms with E-state index in [0.717, 1.165) is 21.2 Å². The minimum Gasteiger partial charge on any atom is -0.497 e. The van der Waals surface area contributed by atoms with Crippen LogP contribution in [-0.2, 0) is 17.8 Å².